The summed E-state index contributed by atoms with van der Waals surface area (Å²) in [7, 11) is 0. The molecule has 0 radical (unpaired) electrons. The van der Waals surface area contributed by atoms with Gasteiger partial charge in [-0.2, -0.15) is 0 Å². The maximum atomic E-state index is 13.5. The number of nitrogens with zero attached hydrogens (tertiary/aromatic N) is 2. The first-order chi connectivity index (χ1) is 15.3. The molecule has 2 aromatic carbocycles. The van der Waals surface area contributed by atoms with Gasteiger partial charge in [-0.05, 0) is 41.9 Å². The van der Waals surface area contributed by atoms with Gasteiger partial charge < -0.3 is 10.0 Å². The highest BCUT2D eigenvalue weighted by Gasteiger charge is 2.36. The van der Waals surface area contributed by atoms with Crippen LogP contribution in [0.3, 0.4) is 0 Å². The van der Waals surface area contributed by atoms with Gasteiger partial charge in [0.25, 0.3) is 0 Å². The molecular formula is C27H36N2O2. The van der Waals surface area contributed by atoms with Gasteiger partial charge in [0.05, 0.1) is 12.6 Å². The van der Waals surface area contributed by atoms with Gasteiger partial charge in [-0.3, -0.25) is 9.69 Å². The van der Waals surface area contributed by atoms with E-state index in [1.54, 1.807) is 0 Å². The van der Waals surface area contributed by atoms with Crippen molar-refractivity contribution in [3.05, 3.63) is 71.3 Å². The topological polar surface area (TPSA) is 43.8 Å². The minimum Gasteiger partial charge on any atom is -0.395 e. The van der Waals surface area contributed by atoms with Crippen molar-refractivity contribution in [3.63, 3.8) is 0 Å². The number of hydrogen-bond donors (Lipinski definition) is 1. The fourth-order valence-electron chi connectivity index (χ4n) is 5.49. The zero-order valence-electron chi connectivity index (χ0n) is 18.6. The van der Waals surface area contributed by atoms with Crippen molar-refractivity contribution in [1.29, 1.82) is 0 Å². The van der Waals surface area contributed by atoms with Gasteiger partial charge in [0.2, 0.25) is 5.91 Å². The standard InChI is InChI=1S/C27H36N2O2/c30-20-19-28(21-22-9-3-1-4-10-22)17-16-26(31)29-18-15-23-11-7-8-14-25(23)27(29)24-12-5-2-6-13-24/h1,3-4,7-11,14,24,27,30H,2,5-6,12-13,15-21H2. The smallest absolute Gasteiger partial charge is 0.224 e. The molecule has 4 rings (SSSR count). The predicted octanol–water partition coefficient (Wildman–Crippen LogP) is 4.58. The third kappa shape index (κ3) is 5.55. The molecule has 31 heavy (non-hydrogen) atoms. The lowest BCUT2D eigenvalue weighted by atomic mass is 9.77. The van der Waals surface area contributed by atoms with Gasteiger partial charge in [0.15, 0.2) is 0 Å². The van der Waals surface area contributed by atoms with Crippen molar-refractivity contribution in [2.45, 2.75) is 57.5 Å². The van der Waals surface area contributed by atoms with Crippen molar-refractivity contribution in [3.8, 4) is 0 Å². The van der Waals surface area contributed by atoms with Crippen LogP contribution in [0.4, 0.5) is 0 Å². The van der Waals surface area contributed by atoms with Gasteiger partial charge in [-0.25, -0.2) is 0 Å². The molecule has 2 aliphatic rings. The van der Waals surface area contributed by atoms with Crippen molar-refractivity contribution >= 4 is 5.91 Å². The number of amides is 1. The second-order valence-corrected chi connectivity index (χ2v) is 9.11. The monoisotopic (exact) mass is 420 g/mol. The summed E-state index contributed by atoms with van der Waals surface area (Å²) in [5.41, 5.74) is 4.02. The van der Waals surface area contributed by atoms with E-state index in [1.807, 2.05) is 18.2 Å². The van der Waals surface area contributed by atoms with E-state index in [9.17, 15) is 9.90 Å². The van der Waals surface area contributed by atoms with Crippen molar-refractivity contribution in [2.24, 2.45) is 5.92 Å². The lowest BCUT2D eigenvalue weighted by Crippen LogP contribution is -2.44. The molecule has 4 heteroatoms. The first kappa shape index (κ1) is 22.0. The van der Waals surface area contributed by atoms with E-state index < -0.39 is 0 Å². The fraction of sp³-hybridized carbons (Fsp3) is 0.519. The van der Waals surface area contributed by atoms with Crippen LogP contribution in [0.1, 0.15) is 61.3 Å². The van der Waals surface area contributed by atoms with Crippen molar-refractivity contribution < 1.29 is 9.90 Å². The average molecular weight is 421 g/mol. The number of aliphatic hydroxyl groups is 1. The minimum absolute atomic E-state index is 0.114. The first-order valence-electron chi connectivity index (χ1n) is 12.0. The van der Waals surface area contributed by atoms with E-state index in [0.717, 1.165) is 19.5 Å². The number of carbonyl (C=O) groups is 1. The molecule has 1 aliphatic heterocycles. The molecule has 4 nitrogen and oxygen atoms in total. The van der Waals surface area contributed by atoms with Crippen LogP contribution in [-0.4, -0.2) is 47.1 Å². The second-order valence-electron chi connectivity index (χ2n) is 9.11. The molecular weight excluding hydrogens is 384 g/mol. The molecule has 0 spiro atoms. The quantitative estimate of drug-likeness (QED) is 0.680. The zero-order chi connectivity index (χ0) is 21.5. The second kappa shape index (κ2) is 10.9. The predicted molar refractivity (Wildman–Crippen MR) is 125 cm³/mol. The highest BCUT2D eigenvalue weighted by atomic mass is 16.3. The van der Waals surface area contributed by atoms with Crippen LogP contribution >= 0.6 is 0 Å². The molecule has 0 bridgehead atoms. The fourth-order valence-corrected chi connectivity index (χ4v) is 5.49. The molecule has 0 aromatic heterocycles. The molecule has 1 saturated carbocycles. The van der Waals surface area contributed by atoms with E-state index in [4.69, 9.17) is 0 Å². The number of fused-ring (bicyclic) bond motifs is 1. The Morgan fingerprint density at radius 3 is 2.48 bits per heavy atom. The minimum atomic E-state index is 0.114. The summed E-state index contributed by atoms with van der Waals surface area (Å²) >= 11 is 0. The molecule has 1 amide bonds. The third-order valence-electron chi connectivity index (χ3n) is 7.06. The molecule has 1 atom stereocenters. The lowest BCUT2D eigenvalue weighted by Gasteiger charge is -2.43. The Morgan fingerprint density at radius 1 is 0.968 bits per heavy atom. The zero-order valence-corrected chi connectivity index (χ0v) is 18.6. The summed E-state index contributed by atoms with van der Waals surface area (Å²) in [4.78, 5) is 17.8. The molecule has 1 fully saturated rings. The van der Waals surface area contributed by atoms with E-state index in [1.165, 1.54) is 48.8 Å². The molecule has 1 N–H and O–H groups in total. The molecule has 2 aromatic rings. The summed E-state index contributed by atoms with van der Waals surface area (Å²) in [6.45, 7) is 2.99. The molecule has 1 aliphatic carbocycles. The average Bonchev–Trinajstić information content (AvgIpc) is 2.83. The largest absolute Gasteiger partial charge is 0.395 e. The number of aliphatic hydroxyl groups excluding tert-OH is 1. The van der Waals surface area contributed by atoms with Crippen LogP contribution in [0.15, 0.2) is 54.6 Å². The third-order valence-corrected chi connectivity index (χ3v) is 7.06. The Hall–Kier alpha value is -2.17. The maximum absolute atomic E-state index is 13.5. The van der Waals surface area contributed by atoms with Gasteiger partial charge >= 0.3 is 0 Å². The van der Waals surface area contributed by atoms with Crippen LogP contribution in [0, 0.1) is 5.92 Å². The van der Waals surface area contributed by atoms with Gasteiger partial charge in [0.1, 0.15) is 0 Å². The van der Waals surface area contributed by atoms with Gasteiger partial charge in [-0.1, -0.05) is 73.9 Å². The molecule has 1 heterocycles. The van der Waals surface area contributed by atoms with Crippen molar-refractivity contribution in [2.75, 3.05) is 26.2 Å². The summed E-state index contributed by atoms with van der Waals surface area (Å²) in [6, 6.07) is 19.3. The number of benzene rings is 2. The highest BCUT2D eigenvalue weighted by Crippen LogP contribution is 2.42. The lowest BCUT2D eigenvalue weighted by molar-refractivity contribution is -0.136. The van der Waals surface area contributed by atoms with Crippen LogP contribution < -0.4 is 0 Å². The van der Waals surface area contributed by atoms with Gasteiger partial charge in [0, 0.05) is 32.6 Å². The van der Waals surface area contributed by atoms with Gasteiger partial charge in [-0.15, -0.1) is 0 Å². The van der Waals surface area contributed by atoms with E-state index in [2.05, 4.69) is 46.2 Å². The number of carbonyl (C=O) groups excluding carboxylic acids is 1. The molecule has 0 saturated heterocycles. The Balaban J connectivity index is 1.45. The first-order valence-corrected chi connectivity index (χ1v) is 12.0. The number of hydrogen-bond acceptors (Lipinski definition) is 3. The van der Waals surface area contributed by atoms with Crippen molar-refractivity contribution in [1.82, 2.24) is 9.80 Å². The SMILES string of the molecule is O=C(CCN(CCO)Cc1ccccc1)N1CCc2ccccc2C1C1CCCCC1. The Labute approximate surface area is 186 Å². The number of rotatable bonds is 8. The van der Waals surface area contributed by atoms with Crippen LogP contribution in [0.5, 0.6) is 0 Å². The normalized spacial score (nSPS) is 19.4. The van der Waals surface area contributed by atoms with Crippen LogP contribution in [0.2, 0.25) is 0 Å². The summed E-state index contributed by atoms with van der Waals surface area (Å²) in [5.74, 6) is 0.845. The highest BCUT2D eigenvalue weighted by molar-refractivity contribution is 5.77. The molecule has 166 valence electrons. The summed E-state index contributed by atoms with van der Waals surface area (Å²) < 4.78 is 0. The van der Waals surface area contributed by atoms with E-state index in [-0.39, 0.29) is 18.6 Å². The molecule has 1 unspecified atom stereocenters. The Bertz CT molecular complexity index is 832. The van der Waals surface area contributed by atoms with Crippen LogP contribution in [-0.2, 0) is 17.8 Å². The maximum Gasteiger partial charge on any atom is 0.224 e. The summed E-state index contributed by atoms with van der Waals surface area (Å²) in [6.07, 6.45) is 7.82. The summed E-state index contributed by atoms with van der Waals surface area (Å²) in [5, 5.41) is 9.51. The van der Waals surface area contributed by atoms with E-state index >= 15 is 0 Å². The van der Waals surface area contributed by atoms with Crippen LogP contribution in [0.25, 0.3) is 0 Å². The van der Waals surface area contributed by atoms with E-state index in [0.29, 0.717) is 25.4 Å². The Kier molecular flexibility index (Phi) is 7.76. The Morgan fingerprint density at radius 2 is 1.71 bits per heavy atom.